The van der Waals surface area contributed by atoms with Gasteiger partial charge in [-0.05, 0) is 36.4 Å². The van der Waals surface area contributed by atoms with Gasteiger partial charge in [0, 0.05) is 15.7 Å². The summed E-state index contributed by atoms with van der Waals surface area (Å²) in [5.41, 5.74) is 1.71. The predicted molar refractivity (Wildman–Crippen MR) is 117 cm³/mol. The van der Waals surface area contributed by atoms with Crippen molar-refractivity contribution in [2.75, 3.05) is 11.1 Å². The summed E-state index contributed by atoms with van der Waals surface area (Å²) < 4.78 is 8.42. The second-order valence-electron chi connectivity index (χ2n) is 6.18. The molecule has 0 spiro atoms. The zero-order chi connectivity index (χ0) is 20.1. The maximum Gasteiger partial charge on any atom is 0.234 e. The molecule has 0 bridgehead atoms. The fourth-order valence-corrected chi connectivity index (χ4v) is 3.76. The van der Waals surface area contributed by atoms with E-state index in [2.05, 4.69) is 31.4 Å². The third-order valence-corrected chi connectivity index (χ3v) is 5.60. The van der Waals surface area contributed by atoms with Crippen LogP contribution in [0.4, 0.5) is 5.69 Å². The number of carbonyl (C=O) groups excluding carboxylic acids is 1. The van der Waals surface area contributed by atoms with E-state index in [1.54, 1.807) is 6.26 Å². The van der Waals surface area contributed by atoms with Gasteiger partial charge in [-0.15, -0.1) is 10.2 Å². The summed E-state index contributed by atoms with van der Waals surface area (Å²) in [6.45, 7) is 0.487. The Morgan fingerprint density at radius 3 is 2.55 bits per heavy atom. The normalized spacial score (nSPS) is 10.8. The molecule has 146 valence electrons. The van der Waals surface area contributed by atoms with Crippen LogP contribution in [0.2, 0.25) is 0 Å². The summed E-state index contributed by atoms with van der Waals surface area (Å²) in [5, 5.41) is 12.2. The van der Waals surface area contributed by atoms with Crippen LogP contribution in [-0.4, -0.2) is 26.4 Å². The highest BCUT2D eigenvalue weighted by Crippen LogP contribution is 2.25. The monoisotopic (exact) mass is 468 g/mol. The van der Waals surface area contributed by atoms with Crippen LogP contribution in [0.1, 0.15) is 5.76 Å². The number of hydrogen-bond acceptors (Lipinski definition) is 5. The lowest BCUT2D eigenvalue weighted by atomic mass is 10.2. The molecule has 8 heteroatoms. The summed E-state index contributed by atoms with van der Waals surface area (Å²) >= 11 is 4.73. The SMILES string of the molecule is O=C(CSc1nnc(-c2ccccc2)n1Cc1ccco1)Nc1ccc(Br)cc1. The van der Waals surface area contributed by atoms with Gasteiger partial charge in [0.05, 0.1) is 18.6 Å². The molecule has 2 heterocycles. The zero-order valence-electron chi connectivity index (χ0n) is 15.3. The lowest BCUT2D eigenvalue weighted by Crippen LogP contribution is -2.14. The van der Waals surface area contributed by atoms with Gasteiger partial charge in [0.15, 0.2) is 11.0 Å². The van der Waals surface area contributed by atoms with Crippen LogP contribution in [0.25, 0.3) is 11.4 Å². The van der Waals surface area contributed by atoms with E-state index in [1.807, 2.05) is 71.3 Å². The van der Waals surface area contributed by atoms with Crippen molar-refractivity contribution in [1.29, 1.82) is 0 Å². The molecule has 0 atom stereocenters. The molecule has 29 heavy (non-hydrogen) atoms. The van der Waals surface area contributed by atoms with Gasteiger partial charge in [-0.3, -0.25) is 9.36 Å². The van der Waals surface area contributed by atoms with Gasteiger partial charge in [-0.1, -0.05) is 58.0 Å². The van der Waals surface area contributed by atoms with E-state index in [4.69, 9.17) is 4.42 Å². The van der Waals surface area contributed by atoms with Gasteiger partial charge >= 0.3 is 0 Å². The fourth-order valence-electron chi connectivity index (χ4n) is 2.76. The van der Waals surface area contributed by atoms with Gasteiger partial charge in [0.25, 0.3) is 0 Å². The van der Waals surface area contributed by atoms with Crippen molar-refractivity contribution >= 4 is 39.3 Å². The average Bonchev–Trinajstić information content (AvgIpc) is 3.39. The predicted octanol–water partition coefficient (Wildman–Crippen LogP) is 5.08. The van der Waals surface area contributed by atoms with E-state index in [0.717, 1.165) is 27.3 Å². The Morgan fingerprint density at radius 1 is 1.03 bits per heavy atom. The molecule has 1 amide bonds. The van der Waals surface area contributed by atoms with E-state index in [-0.39, 0.29) is 11.7 Å². The summed E-state index contributed by atoms with van der Waals surface area (Å²) in [4.78, 5) is 12.4. The summed E-state index contributed by atoms with van der Waals surface area (Å²) in [6.07, 6.45) is 1.64. The van der Waals surface area contributed by atoms with Crippen LogP contribution in [-0.2, 0) is 11.3 Å². The smallest absolute Gasteiger partial charge is 0.234 e. The lowest BCUT2D eigenvalue weighted by Gasteiger charge is -2.09. The molecule has 2 aromatic heterocycles. The quantitative estimate of drug-likeness (QED) is 0.382. The minimum Gasteiger partial charge on any atom is -0.467 e. The van der Waals surface area contributed by atoms with E-state index >= 15 is 0 Å². The number of nitrogens with zero attached hydrogens (tertiary/aromatic N) is 3. The molecule has 4 rings (SSSR count). The van der Waals surface area contributed by atoms with E-state index in [9.17, 15) is 4.79 Å². The number of furan rings is 1. The van der Waals surface area contributed by atoms with Crippen LogP contribution in [0, 0.1) is 0 Å². The van der Waals surface area contributed by atoms with Crippen LogP contribution >= 0.6 is 27.7 Å². The van der Waals surface area contributed by atoms with Crippen LogP contribution < -0.4 is 5.32 Å². The number of thioether (sulfide) groups is 1. The van der Waals surface area contributed by atoms with Gasteiger partial charge in [0.2, 0.25) is 5.91 Å². The minimum absolute atomic E-state index is 0.105. The van der Waals surface area contributed by atoms with Crippen molar-refractivity contribution in [3.63, 3.8) is 0 Å². The molecule has 0 saturated carbocycles. The third-order valence-electron chi connectivity index (χ3n) is 4.10. The maximum absolute atomic E-state index is 12.4. The summed E-state index contributed by atoms with van der Waals surface area (Å²) in [6, 6.07) is 21.1. The Hall–Kier alpha value is -2.84. The van der Waals surface area contributed by atoms with Gasteiger partial charge in [-0.2, -0.15) is 0 Å². The van der Waals surface area contributed by atoms with Crippen molar-refractivity contribution in [2.24, 2.45) is 0 Å². The van der Waals surface area contributed by atoms with E-state index in [1.165, 1.54) is 11.8 Å². The van der Waals surface area contributed by atoms with Gasteiger partial charge < -0.3 is 9.73 Å². The van der Waals surface area contributed by atoms with Crippen LogP contribution in [0.5, 0.6) is 0 Å². The summed E-state index contributed by atoms with van der Waals surface area (Å²) in [7, 11) is 0. The second-order valence-corrected chi connectivity index (χ2v) is 8.04. The first kappa shape index (κ1) is 19.5. The largest absolute Gasteiger partial charge is 0.467 e. The first-order chi connectivity index (χ1) is 14.2. The van der Waals surface area contributed by atoms with Crippen molar-refractivity contribution in [2.45, 2.75) is 11.7 Å². The number of rotatable bonds is 7. The highest BCUT2D eigenvalue weighted by Gasteiger charge is 2.17. The molecule has 0 fully saturated rings. The molecule has 0 aliphatic carbocycles. The highest BCUT2D eigenvalue weighted by atomic mass is 79.9. The molecular formula is C21H17BrN4O2S. The number of nitrogens with one attached hydrogen (secondary N) is 1. The Bertz CT molecular complexity index is 1080. The lowest BCUT2D eigenvalue weighted by molar-refractivity contribution is -0.113. The number of benzene rings is 2. The number of anilines is 1. The van der Waals surface area contributed by atoms with E-state index < -0.39 is 0 Å². The molecule has 0 saturated heterocycles. The number of aromatic nitrogens is 3. The van der Waals surface area contributed by atoms with Crippen LogP contribution in [0.3, 0.4) is 0 Å². The Balaban J connectivity index is 1.51. The van der Waals surface area contributed by atoms with E-state index in [0.29, 0.717) is 11.7 Å². The van der Waals surface area contributed by atoms with Crippen molar-refractivity contribution in [1.82, 2.24) is 14.8 Å². The van der Waals surface area contributed by atoms with Crippen molar-refractivity contribution in [3.05, 3.63) is 83.2 Å². The van der Waals surface area contributed by atoms with Crippen molar-refractivity contribution < 1.29 is 9.21 Å². The standard InChI is InChI=1S/C21H17BrN4O2S/c22-16-8-10-17(11-9-16)23-19(27)14-29-21-25-24-20(15-5-2-1-3-6-15)26(21)13-18-7-4-12-28-18/h1-12H,13-14H2,(H,23,27). The minimum atomic E-state index is -0.105. The molecule has 2 aromatic carbocycles. The first-order valence-electron chi connectivity index (χ1n) is 8.88. The molecule has 1 N–H and O–H groups in total. The van der Waals surface area contributed by atoms with Gasteiger partial charge in [-0.25, -0.2) is 0 Å². The first-order valence-corrected chi connectivity index (χ1v) is 10.7. The second kappa shape index (κ2) is 9.11. The maximum atomic E-state index is 12.4. The Morgan fingerprint density at radius 2 is 1.83 bits per heavy atom. The average molecular weight is 469 g/mol. The Kier molecular flexibility index (Phi) is 6.12. The molecule has 0 radical (unpaired) electrons. The molecule has 0 aliphatic rings. The Labute approximate surface area is 180 Å². The number of halogens is 1. The fraction of sp³-hybridized carbons (Fsp3) is 0.0952. The molecule has 6 nitrogen and oxygen atoms in total. The number of carbonyl (C=O) groups is 1. The highest BCUT2D eigenvalue weighted by molar-refractivity contribution is 9.10. The summed E-state index contributed by atoms with van der Waals surface area (Å²) in [5.74, 6) is 1.65. The zero-order valence-corrected chi connectivity index (χ0v) is 17.7. The van der Waals surface area contributed by atoms with Gasteiger partial charge in [0.1, 0.15) is 5.76 Å². The molecule has 4 aromatic rings. The molecular weight excluding hydrogens is 452 g/mol. The number of hydrogen-bond donors (Lipinski definition) is 1. The number of amides is 1. The molecule has 0 unspecified atom stereocenters. The molecule has 0 aliphatic heterocycles. The van der Waals surface area contributed by atoms with Crippen molar-refractivity contribution in [3.8, 4) is 11.4 Å². The van der Waals surface area contributed by atoms with Crippen LogP contribution in [0.15, 0.2) is 87.0 Å². The topological polar surface area (TPSA) is 73.0 Å². The third kappa shape index (κ3) is 4.96.